The number of nitrogens with zero attached hydrogens (tertiary/aromatic N) is 4. The highest BCUT2D eigenvalue weighted by Gasteiger charge is 2.34. The van der Waals surface area contributed by atoms with Gasteiger partial charge in [-0.2, -0.15) is 9.57 Å². The minimum Gasteiger partial charge on any atom is -0.368 e. The molecule has 0 radical (unpaired) electrons. The molecule has 2 aliphatic heterocycles. The minimum atomic E-state index is -3.38. The smallest absolute Gasteiger partial charge is 0.236 e. The number of piperazine rings is 1. The van der Waals surface area contributed by atoms with Gasteiger partial charge in [-0.25, -0.2) is 8.42 Å². The Balaban J connectivity index is 1.38. The van der Waals surface area contributed by atoms with Crippen LogP contribution >= 0.6 is 0 Å². The Bertz CT molecular complexity index is 1100. The summed E-state index contributed by atoms with van der Waals surface area (Å²) in [6.07, 6.45) is 3.00. The molecule has 8 heteroatoms. The molecule has 1 amide bonds. The minimum absolute atomic E-state index is 0.0691. The van der Waals surface area contributed by atoms with Crippen molar-refractivity contribution in [2.24, 2.45) is 0 Å². The van der Waals surface area contributed by atoms with Gasteiger partial charge >= 0.3 is 0 Å². The van der Waals surface area contributed by atoms with E-state index in [1.807, 2.05) is 60.7 Å². The zero-order valence-electron chi connectivity index (χ0n) is 19.5. The highest BCUT2D eigenvalue weighted by molar-refractivity contribution is 7.89. The first-order chi connectivity index (χ1) is 16.5. The first-order valence-electron chi connectivity index (χ1n) is 12.0. The van der Waals surface area contributed by atoms with Crippen LogP contribution in [0.15, 0.2) is 54.6 Å². The van der Waals surface area contributed by atoms with E-state index in [-0.39, 0.29) is 17.6 Å². The van der Waals surface area contributed by atoms with Gasteiger partial charge < -0.3 is 9.80 Å². The summed E-state index contributed by atoms with van der Waals surface area (Å²) in [5.74, 6) is -0.110. The number of sulfonamides is 1. The zero-order chi connectivity index (χ0) is 24.0. The number of nitriles is 1. The van der Waals surface area contributed by atoms with E-state index in [2.05, 4.69) is 4.90 Å². The maximum Gasteiger partial charge on any atom is 0.236 e. The van der Waals surface area contributed by atoms with Gasteiger partial charge in [-0.1, -0.05) is 48.9 Å². The summed E-state index contributed by atoms with van der Waals surface area (Å²) in [4.78, 5) is 15.9. The second kappa shape index (κ2) is 11.0. The quantitative estimate of drug-likeness (QED) is 0.634. The second-order valence-electron chi connectivity index (χ2n) is 9.06. The molecule has 2 aliphatic rings. The number of anilines is 1. The van der Waals surface area contributed by atoms with Crippen molar-refractivity contribution in [2.45, 2.75) is 43.9 Å². The third-order valence-electron chi connectivity index (χ3n) is 6.79. The largest absolute Gasteiger partial charge is 0.368 e. The Morgan fingerprint density at radius 2 is 1.62 bits per heavy atom. The molecule has 0 bridgehead atoms. The number of carbonyl (C=O) groups is 1. The SMILES string of the molecule is N#CCC(=O)N1CCN(c2ccc(CN3CCCCC(Cc4ccccc4)S3(=O)=O)cc2)CC1. The van der Waals surface area contributed by atoms with Gasteiger partial charge in [0.1, 0.15) is 6.42 Å². The standard InChI is InChI=1S/C26H32N4O3S/c27-14-13-26(31)29-18-16-28(17-19-29)24-11-9-23(10-12-24)21-30-15-5-4-8-25(34(30,32)33)20-22-6-2-1-3-7-22/h1-3,6-7,9-12,25H,4-5,8,13,15-21H2. The molecule has 0 saturated carbocycles. The molecule has 2 aromatic carbocycles. The molecule has 2 heterocycles. The molecule has 2 aromatic rings. The molecule has 0 N–H and O–H groups in total. The Kier molecular flexibility index (Phi) is 7.86. The molecule has 7 nitrogen and oxygen atoms in total. The van der Waals surface area contributed by atoms with Crippen molar-refractivity contribution in [1.82, 2.24) is 9.21 Å². The van der Waals surface area contributed by atoms with Crippen LogP contribution in [0.5, 0.6) is 0 Å². The molecule has 1 atom stereocenters. The van der Waals surface area contributed by atoms with Crippen molar-refractivity contribution in [3.05, 3.63) is 65.7 Å². The van der Waals surface area contributed by atoms with Crippen molar-refractivity contribution >= 4 is 21.6 Å². The zero-order valence-corrected chi connectivity index (χ0v) is 20.3. The van der Waals surface area contributed by atoms with Gasteiger partial charge in [0.2, 0.25) is 15.9 Å². The monoisotopic (exact) mass is 480 g/mol. The summed E-state index contributed by atoms with van der Waals surface area (Å²) >= 11 is 0. The van der Waals surface area contributed by atoms with Crippen LogP contribution in [0, 0.1) is 11.3 Å². The Morgan fingerprint density at radius 3 is 2.29 bits per heavy atom. The van der Waals surface area contributed by atoms with Crippen LogP contribution in [0.1, 0.15) is 36.8 Å². The Hall–Kier alpha value is -2.89. The van der Waals surface area contributed by atoms with E-state index in [0.29, 0.717) is 39.0 Å². The first kappa shape index (κ1) is 24.2. The Labute approximate surface area is 202 Å². The van der Waals surface area contributed by atoms with Gasteiger partial charge in [0.15, 0.2) is 0 Å². The normalized spacial score (nSPS) is 21.0. The average Bonchev–Trinajstić information content (AvgIpc) is 2.99. The van der Waals surface area contributed by atoms with Crippen molar-refractivity contribution in [1.29, 1.82) is 5.26 Å². The Morgan fingerprint density at radius 1 is 0.912 bits per heavy atom. The maximum atomic E-state index is 13.5. The first-order valence-corrected chi connectivity index (χ1v) is 13.5. The van der Waals surface area contributed by atoms with Crippen LogP contribution in [0.4, 0.5) is 5.69 Å². The highest BCUT2D eigenvalue weighted by Crippen LogP contribution is 2.26. The van der Waals surface area contributed by atoms with E-state index >= 15 is 0 Å². The predicted octanol–water partition coefficient (Wildman–Crippen LogP) is 3.18. The molecule has 34 heavy (non-hydrogen) atoms. The number of hydrogen-bond donors (Lipinski definition) is 0. The molecule has 2 saturated heterocycles. The lowest BCUT2D eigenvalue weighted by atomic mass is 10.1. The number of benzene rings is 2. The molecule has 0 spiro atoms. The number of amides is 1. The molecular formula is C26H32N4O3S. The van der Waals surface area contributed by atoms with E-state index in [4.69, 9.17) is 5.26 Å². The summed E-state index contributed by atoms with van der Waals surface area (Å²) in [5.41, 5.74) is 3.11. The molecule has 4 rings (SSSR count). The fourth-order valence-corrected chi connectivity index (χ4v) is 6.81. The summed E-state index contributed by atoms with van der Waals surface area (Å²) in [6.45, 7) is 3.61. The van der Waals surface area contributed by atoms with Crippen LogP contribution < -0.4 is 4.90 Å². The van der Waals surface area contributed by atoms with Crippen molar-refractivity contribution < 1.29 is 13.2 Å². The summed E-state index contributed by atoms with van der Waals surface area (Å²) in [5, 5.41) is 8.34. The second-order valence-corrected chi connectivity index (χ2v) is 11.3. The van der Waals surface area contributed by atoms with Crippen molar-refractivity contribution in [2.75, 3.05) is 37.6 Å². The fourth-order valence-electron chi connectivity index (χ4n) is 4.81. The van der Waals surface area contributed by atoms with E-state index < -0.39 is 10.0 Å². The van der Waals surface area contributed by atoms with Crippen molar-refractivity contribution in [3.63, 3.8) is 0 Å². The average molecular weight is 481 g/mol. The highest BCUT2D eigenvalue weighted by atomic mass is 32.2. The third kappa shape index (κ3) is 5.78. The summed E-state index contributed by atoms with van der Waals surface area (Å²) in [6, 6.07) is 19.9. The molecule has 2 fully saturated rings. The lowest BCUT2D eigenvalue weighted by molar-refractivity contribution is -0.130. The van der Waals surface area contributed by atoms with Gasteiger partial charge in [-0.05, 0) is 42.5 Å². The molecule has 1 unspecified atom stereocenters. The van der Waals surface area contributed by atoms with Gasteiger partial charge in [0.25, 0.3) is 0 Å². The molecule has 0 aliphatic carbocycles. The number of carbonyl (C=O) groups excluding carboxylic acids is 1. The number of hydrogen-bond acceptors (Lipinski definition) is 5. The van der Waals surface area contributed by atoms with Crippen molar-refractivity contribution in [3.8, 4) is 6.07 Å². The summed E-state index contributed by atoms with van der Waals surface area (Å²) in [7, 11) is -3.38. The third-order valence-corrected chi connectivity index (χ3v) is 9.07. The topological polar surface area (TPSA) is 84.7 Å². The van der Waals surface area contributed by atoms with Crippen LogP contribution in [-0.2, 0) is 27.8 Å². The van der Waals surface area contributed by atoms with E-state index in [1.165, 1.54) is 0 Å². The predicted molar refractivity (Wildman–Crippen MR) is 133 cm³/mol. The lowest BCUT2D eigenvalue weighted by Gasteiger charge is -2.36. The van der Waals surface area contributed by atoms with Gasteiger partial charge in [-0.3, -0.25) is 4.79 Å². The molecule has 0 aromatic heterocycles. The fraction of sp³-hybridized carbons (Fsp3) is 0.462. The van der Waals surface area contributed by atoms with Crippen LogP contribution in [0.3, 0.4) is 0 Å². The van der Waals surface area contributed by atoms with E-state index in [1.54, 1.807) is 9.21 Å². The van der Waals surface area contributed by atoms with Gasteiger partial charge in [0.05, 0.1) is 11.3 Å². The lowest BCUT2D eigenvalue weighted by Crippen LogP contribution is -2.48. The van der Waals surface area contributed by atoms with E-state index in [0.717, 1.165) is 42.7 Å². The van der Waals surface area contributed by atoms with Gasteiger partial charge in [0, 0.05) is 45.0 Å². The summed E-state index contributed by atoms with van der Waals surface area (Å²) < 4.78 is 28.6. The van der Waals surface area contributed by atoms with Gasteiger partial charge in [-0.15, -0.1) is 0 Å². The van der Waals surface area contributed by atoms with Crippen LogP contribution in [-0.4, -0.2) is 61.5 Å². The number of rotatable bonds is 6. The van der Waals surface area contributed by atoms with Crippen LogP contribution in [0.25, 0.3) is 0 Å². The van der Waals surface area contributed by atoms with E-state index in [9.17, 15) is 13.2 Å². The maximum absolute atomic E-state index is 13.5. The van der Waals surface area contributed by atoms with Crippen LogP contribution in [0.2, 0.25) is 0 Å². The molecular weight excluding hydrogens is 448 g/mol. The molecule has 180 valence electrons.